The van der Waals surface area contributed by atoms with Crippen molar-refractivity contribution in [2.75, 3.05) is 0 Å². The molecule has 0 aromatic heterocycles. The van der Waals surface area contributed by atoms with Gasteiger partial charge < -0.3 is 5.73 Å². The summed E-state index contributed by atoms with van der Waals surface area (Å²) < 4.78 is 0. The molecular formula is C9H19N. The number of rotatable bonds is 1. The predicted octanol–water partition coefficient (Wildman–Crippen LogP) is 2.30. The maximum Gasteiger partial charge on any atom is 0.00928 e. The second-order valence-electron chi connectivity index (χ2n) is 3.86. The maximum absolute atomic E-state index is 6.02. The molecule has 0 heterocycles. The third-order valence-corrected chi connectivity index (χ3v) is 3.22. The summed E-state index contributed by atoms with van der Waals surface area (Å²) in [5.74, 6) is 0. The maximum atomic E-state index is 6.02. The molecule has 0 radical (unpaired) electrons. The zero-order chi connectivity index (χ0) is 7.61. The van der Waals surface area contributed by atoms with Gasteiger partial charge in [-0.2, -0.15) is 0 Å². The first-order valence-corrected chi connectivity index (χ1v) is 4.44. The second kappa shape index (κ2) is 2.91. The van der Waals surface area contributed by atoms with Gasteiger partial charge in [0.1, 0.15) is 0 Å². The Morgan fingerprint density at radius 3 is 2.60 bits per heavy atom. The van der Waals surface area contributed by atoms with Crippen molar-refractivity contribution in [1.82, 2.24) is 0 Å². The Balaban J connectivity index is 2.54. The van der Waals surface area contributed by atoms with E-state index in [1.807, 2.05) is 0 Å². The summed E-state index contributed by atoms with van der Waals surface area (Å²) >= 11 is 0. The van der Waals surface area contributed by atoms with Gasteiger partial charge in [-0.25, -0.2) is 0 Å². The van der Waals surface area contributed by atoms with Crippen LogP contribution in [0.4, 0.5) is 0 Å². The number of hydrogen-bond donors (Lipinski definition) is 1. The van der Waals surface area contributed by atoms with Crippen molar-refractivity contribution in [1.29, 1.82) is 0 Å². The molecule has 0 amide bonds. The van der Waals surface area contributed by atoms with Crippen LogP contribution in [0.2, 0.25) is 0 Å². The molecule has 2 N–H and O–H groups in total. The molecule has 0 aromatic carbocycles. The zero-order valence-electron chi connectivity index (χ0n) is 7.19. The van der Waals surface area contributed by atoms with Crippen LogP contribution in [0, 0.1) is 5.41 Å². The highest BCUT2D eigenvalue weighted by atomic mass is 14.7. The van der Waals surface area contributed by atoms with E-state index in [-0.39, 0.29) is 0 Å². The highest BCUT2D eigenvalue weighted by molar-refractivity contribution is 4.87. The molecule has 1 saturated carbocycles. The van der Waals surface area contributed by atoms with Gasteiger partial charge >= 0.3 is 0 Å². The van der Waals surface area contributed by atoms with E-state index >= 15 is 0 Å². The Morgan fingerprint density at radius 2 is 2.20 bits per heavy atom. The van der Waals surface area contributed by atoms with E-state index in [4.69, 9.17) is 5.73 Å². The fourth-order valence-electron chi connectivity index (χ4n) is 1.87. The molecule has 0 spiro atoms. The fourth-order valence-corrected chi connectivity index (χ4v) is 1.87. The summed E-state index contributed by atoms with van der Waals surface area (Å²) in [7, 11) is 0. The SMILES string of the molecule is CC[C@@]1(C)CCCC[C@H]1N. The van der Waals surface area contributed by atoms with Crippen LogP contribution in [0.15, 0.2) is 0 Å². The molecule has 0 aromatic rings. The van der Waals surface area contributed by atoms with E-state index in [0.717, 1.165) is 0 Å². The monoisotopic (exact) mass is 141 g/mol. The van der Waals surface area contributed by atoms with Crippen LogP contribution in [0.1, 0.15) is 46.0 Å². The lowest BCUT2D eigenvalue weighted by Crippen LogP contribution is -2.41. The van der Waals surface area contributed by atoms with E-state index < -0.39 is 0 Å². The lowest BCUT2D eigenvalue weighted by atomic mass is 9.70. The highest BCUT2D eigenvalue weighted by Gasteiger charge is 2.31. The van der Waals surface area contributed by atoms with E-state index in [1.165, 1.54) is 32.1 Å². The molecular weight excluding hydrogens is 122 g/mol. The van der Waals surface area contributed by atoms with Crippen molar-refractivity contribution in [3.05, 3.63) is 0 Å². The lowest BCUT2D eigenvalue weighted by molar-refractivity contribution is 0.170. The molecule has 0 bridgehead atoms. The summed E-state index contributed by atoms with van der Waals surface area (Å²) in [6.07, 6.45) is 6.55. The minimum Gasteiger partial charge on any atom is -0.327 e. The average molecular weight is 141 g/mol. The molecule has 2 atom stereocenters. The normalized spacial score (nSPS) is 41.7. The fraction of sp³-hybridized carbons (Fsp3) is 1.00. The third-order valence-electron chi connectivity index (χ3n) is 3.22. The molecule has 0 aliphatic heterocycles. The first-order valence-electron chi connectivity index (χ1n) is 4.44. The topological polar surface area (TPSA) is 26.0 Å². The predicted molar refractivity (Wildman–Crippen MR) is 44.8 cm³/mol. The van der Waals surface area contributed by atoms with Crippen LogP contribution in [-0.2, 0) is 0 Å². The zero-order valence-corrected chi connectivity index (χ0v) is 7.19. The van der Waals surface area contributed by atoms with Gasteiger partial charge in [-0.3, -0.25) is 0 Å². The number of hydrogen-bond acceptors (Lipinski definition) is 1. The Morgan fingerprint density at radius 1 is 1.50 bits per heavy atom. The molecule has 1 nitrogen and oxygen atoms in total. The van der Waals surface area contributed by atoms with E-state index in [1.54, 1.807) is 0 Å². The molecule has 1 heteroatoms. The van der Waals surface area contributed by atoms with Crippen LogP contribution in [0.25, 0.3) is 0 Å². The van der Waals surface area contributed by atoms with Crippen LogP contribution in [-0.4, -0.2) is 6.04 Å². The van der Waals surface area contributed by atoms with Crippen LogP contribution < -0.4 is 5.73 Å². The summed E-state index contributed by atoms with van der Waals surface area (Å²) in [5, 5.41) is 0. The smallest absolute Gasteiger partial charge is 0.00928 e. The molecule has 1 fully saturated rings. The quantitative estimate of drug-likeness (QED) is 0.595. The van der Waals surface area contributed by atoms with Crippen LogP contribution in [0.3, 0.4) is 0 Å². The molecule has 1 aliphatic carbocycles. The second-order valence-corrected chi connectivity index (χ2v) is 3.86. The van der Waals surface area contributed by atoms with E-state index in [9.17, 15) is 0 Å². The summed E-state index contributed by atoms with van der Waals surface area (Å²) in [4.78, 5) is 0. The van der Waals surface area contributed by atoms with Gasteiger partial charge in [-0.05, 0) is 24.7 Å². The van der Waals surface area contributed by atoms with Gasteiger partial charge in [-0.1, -0.05) is 26.7 Å². The van der Waals surface area contributed by atoms with Crippen molar-refractivity contribution in [3.63, 3.8) is 0 Å². The Bertz CT molecular complexity index is 111. The Hall–Kier alpha value is -0.0400. The van der Waals surface area contributed by atoms with E-state index in [0.29, 0.717) is 11.5 Å². The van der Waals surface area contributed by atoms with Crippen molar-refractivity contribution >= 4 is 0 Å². The van der Waals surface area contributed by atoms with Gasteiger partial charge in [0.15, 0.2) is 0 Å². The summed E-state index contributed by atoms with van der Waals surface area (Å²) in [6.45, 7) is 4.59. The molecule has 0 unspecified atom stereocenters. The van der Waals surface area contributed by atoms with Crippen LogP contribution in [0.5, 0.6) is 0 Å². The van der Waals surface area contributed by atoms with Gasteiger partial charge in [-0.15, -0.1) is 0 Å². The average Bonchev–Trinajstić information content (AvgIpc) is 1.96. The highest BCUT2D eigenvalue weighted by Crippen LogP contribution is 2.37. The molecule has 60 valence electrons. The van der Waals surface area contributed by atoms with Crippen molar-refractivity contribution in [2.24, 2.45) is 11.1 Å². The first-order chi connectivity index (χ1) is 4.69. The summed E-state index contributed by atoms with van der Waals surface area (Å²) in [6, 6.07) is 0.464. The Labute approximate surface area is 64.0 Å². The van der Waals surface area contributed by atoms with Crippen molar-refractivity contribution in [3.8, 4) is 0 Å². The minimum absolute atomic E-state index is 0.457. The van der Waals surface area contributed by atoms with Crippen LogP contribution >= 0.6 is 0 Å². The third kappa shape index (κ3) is 1.34. The van der Waals surface area contributed by atoms with E-state index in [2.05, 4.69) is 13.8 Å². The summed E-state index contributed by atoms with van der Waals surface area (Å²) in [5.41, 5.74) is 6.48. The molecule has 0 saturated heterocycles. The van der Waals surface area contributed by atoms with Gasteiger partial charge in [0, 0.05) is 6.04 Å². The molecule has 1 aliphatic rings. The first kappa shape index (κ1) is 8.06. The van der Waals surface area contributed by atoms with Crippen molar-refractivity contribution < 1.29 is 0 Å². The largest absolute Gasteiger partial charge is 0.327 e. The Kier molecular flexibility index (Phi) is 2.35. The van der Waals surface area contributed by atoms with Gasteiger partial charge in [0.25, 0.3) is 0 Å². The van der Waals surface area contributed by atoms with Crippen molar-refractivity contribution in [2.45, 2.75) is 52.0 Å². The molecule has 1 rings (SSSR count). The van der Waals surface area contributed by atoms with Gasteiger partial charge in [0.2, 0.25) is 0 Å². The minimum atomic E-state index is 0.457. The number of nitrogens with two attached hydrogens (primary N) is 1. The van der Waals surface area contributed by atoms with Gasteiger partial charge in [0.05, 0.1) is 0 Å². The molecule has 10 heavy (non-hydrogen) atoms. The standard InChI is InChI=1S/C9H19N/c1-3-9(2)7-5-4-6-8(9)10/h8H,3-7,10H2,1-2H3/t8-,9+/m1/s1. The lowest BCUT2D eigenvalue weighted by Gasteiger charge is -2.38.